The van der Waals surface area contributed by atoms with Crippen molar-refractivity contribution < 1.29 is 85.2 Å². The lowest BCUT2D eigenvalue weighted by atomic mass is 9.85. The van der Waals surface area contributed by atoms with Crippen LogP contribution in [0.1, 0.15) is 132 Å². The Balaban J connectivity index is 0.000000218. The minimum Gasteiger partial charge on any atom is -0.497 e. The van der Waals surface area contributed by atoms with E-state index in [0.29, 0.717) is 62.9 Å². The van der Waals surface area contributed by atoms with E-state index in [-0.39, 0.29) is 63.7 Å². The number of pyridine rings is 2. The van der Waals surface area contributed by atoms with Crippen LogP contribution in [0.3, 0.4) is 0 Å². The van der Waals surface area contributed by atoms with Crippen LogP contribution in [-0.2, 0) is 46.8 Å². The van der Waals surface area contributed by atoms with Crippen LogP contribution in [0.4, 0.5) is 14.7 Å². The van der Waals surface area contributed by atoms with Gasteiger partial charge >= 0.3 is 27.4 Å². The highest BCUT2D eigenvalue weighted by atomic mass is 32.1. The number of amides is 6. The SMILES string of the molecule is C=C[C@@H]1C[C@]1(NC(=O)[C@@H]1C[C@@H](Oc2cc(-c3ccccc3)nc3cc(OC)ccc23)CN1C(=O)[C@@H](NC(=O)OC1CCCC1)C(C)(C)C)P(=O)(OCC)OCC.C=C[C@@H]1C[C@]1(NC(=O)[C@@H]1C[C@@H](Oc2cc(-c3csc(N(C)C)n3)nc3cc(OC)ccc23)CN1C(=O)[C@@H](NC(=O)OC1CCCC1)C(C)(C)C)P(=O)(O)O. The van der Waals surface area contributed by atoms with Gasteiger partial charge in [0.1, 0.15) is 87.8 Å². The summed E-state index contributed by atoms with van der Waals surface area (Å²) in [7, 11) is -1.75. The first kappa shape index (κ1) is 82.3. The number of ether oxygens (including phenoxy) is 6. The molecule has 0 spiro atoms. The van der Waals surface area contributed by atoms with Gasteiger partial charge in [0.05, 0.1) is 62.9 Å². The Morgan fingerprint density at radius 3 is 1.45 bits per heavy atom. The summed E-state index contributed by atoms with van der Waals surface area (Å²) in [6, 6.07) is 19.8. The van der Waals surface area contributed by atoms with Crippen LogP contribution in [-0.4, -0.2) is 184 Å². The molecular weight excluding hydrogens is 1470 g/mol. The lowest BCUT2D eigenvalue weighted by Gasteiger charge is -2.36. The van der Waals surface area contributed by atoms with Gasteiger partial charge in [-0.15, -0.1) is 24.5 Å². The molecule has 28 nitrogen and oxygen atoms in total. The lowest BCUT2D eigenvalue weighted by Crippen LogP contribution is -2.58. The molecule has 0 bridgehead atoms. The minimum atomic E-state index is -4.83. The van der Waals surface area contributed by atoms with Gasteiger partial charge in [-0.1, -0.05) is 84.0 Å². The molecule has 4 saturated carbocycles. The van der Waals surface area contributed by atoms with Crippen LogP contribution in [0.15, 0.2) is 110 Å². The van der Waals surface area contributed by atoms with Crippen molar-refractivity contribution in [2.75, 3.05) is 59.5 Å². The van der Waals surface area contributed by atoms with Crippen LogP contribution < -0.4 is 45.1 Å². The number of methoxy groups -OCH3 is 2. The fourth-order valence-corrected chi connectivity index (χ4v) is 19.4. The summed E-state index contributed by atoms with van der Waals surface area (Å²) in [4.78, 5) is 124. The van der Waals surface area contributed by atoms with E-state index in [1.54, 1.807) is 73.1 Å². The van der Waals surface area contributed by atoms with Crippen molar-refractivity contribution in [2.45, 2.75) is 192 Å². The molecule has 10 atom stereocenters. The van der Waals surface area contributed by atoms with Crippen molar-refractivity contribution in [1.82, 2.24) is 46.0 Å². The average Bonchev–Trinajstić information content (AvgIpc) is 1.55. The molecule has 0 radical (unpaired) electrons. The maximum absolute atomic E-state index is 14.8. The fourth-order valence-electron chi connectivity index (χ4n) is 15.0. The molecule has 0 unspecified atom stereocenters. The van der Waals surface area contributed by atoms with Gasteiger partial charge in [0.25, 0.3) is 0 Å². The number of nitrogens with zero attached hydrogens (tertiary/aromatic N) is 6. The average molecular weight is 1580 g/mol. The molecule has 110 heavy (non-hydrogen) atoms. The minimum absolute atomic E-state index is 0.00622. The van der Waals surface area contributed by atoms with Gasteiger partial charge in [-0.2, -0.15) is 0 Å². The summed E-state index contributed by atoms with van der Waals surface area (Å²) in [5.74, 6) is -1.16. The molecule has 594 valence electrons. The monoisotopic (exact) mass is 1570 g/mol. The second kappa shape index (κ2) is 33.7. The first-order valence-corrected chi connectivity index (χ1v) is 41.6. The van der Waals surface area contributed by atoms with E-state index in [0.717, 1.165) is 67.4 Å². The molecular formula is C79H104N10O18P2S. The van der Waals surface area contributed by atoms with Crippen LogP contribution >= 0.6 is 26.5 Å². The molecule has 2 aliphatic heterocycles. The Kier molecular flexibility index (Phi) is 25.2. The Morgan fingerprint density at radius 1 is 0.618 bits per heavy atom. The summed E-state index contributed by atoms with van der Waals surface area (Å²) in [5.41, 5.74) is 2.38. The van der Waals surface area contributed by atoms with Crippen LogP contribution in [0.2, 0.25) is 0 Å². The maximum Gasteiger partial charge on any atom is 0.408 e. The third kappa shape index (κ3) is 18.1. The van der Waals surface area contributed by atoms with Gasteiger partial charge in [-0.3, -0.25) is 28.3 Å². The van der Waals surface area contributed by atoms with Crippen molar-refractivity contribution in [1.29, 1.82) is 0 Å². The molecule has 6 fully saturated rings. The number of fused-ring (bicyclic) bond motifs is 2. The molecule has 6 aromatic rings. The van der Waals surface area contributed by atoms with Crippen molar-refractivity contribution in [3.63, 3.8) is 0 Å². The number of carbonyl (C=O) groups is 6. The second-order valence-corrected chi connectivity index (χ2v) is 36.4. The van der Waals surface area contributed by atoms with E-state index >= 15 is 0 Å². The van der Waals surface area contributed by atoms with Crippen LogP contribution in [0, 0.1) is 22.7 Å². The predicted octanol–water partition coefficient (Wildman–Crippen LogP) is 12.7. The molecule has 31 heteroatoms. The number of carbonyl (C=O) groups excluding carboxylic acids is 6. The number of rotatable bonds is 27. The first-order valence-electron chi connectivity index (χ1n) is 37.6. The maximum atomic E-state index is 14.8. The molecule has 3 aromatic carbocycles. The molecule has 6 aliphatic rings. The normalized spacial score (nSPS) is 23.3. The van der Waals surface area contributed by atoms with E-state index in [4.69, 9.17) is 52.4 Å². The quantitative estimate of drug-likeness (QED) is 0.0206. The number of aromatic nitrogens is 3. The van der Waals surface area contributed by atoms with Crippen molar-refractivity contribution in [3.05, 3.63) is 110 Å². The van der Waals surface area contributed by atoms with Crippen LogP contribution in [0.5, 0.6) is 23.0 Å². The van der Waals surface area contributed by atoms with Crippen molar-refractivity contribution >= 4 is 89.3 Å². The second-order valence-electron chi connectivity index (χ2n) is 31.3. The highest BCUT2D eigenvalue weighted by Crippen LogP contribution is 2.73. The summed E-state index contributed by atoms with van der Waals surface area (Å²) in [6.07, 6.45) is 7.12. The zero-order valence-corrected chi connectivity index (χ0v) is 67.3. The summed E-state index contributed by atoms with van der Waals surface area (Å²) in [5, 5.41) is 12.1. The zero-order valence-electron chi connectivity index (χ0n) is 64.7. The van der Waals surface area contributed by atoms with E-state index in [9.17, 15) is 47.7 Å². The highest BCUT2D eigenvalue weighted by Gasteiger charge is 2.69. The van der Waals surface area contributed by atoms with Crippen LogP contribution in [0.25, 0.3) is 44.5 Å². The Morgan fingerprint density at radius 2 is 1.05 bits per heavy atom. The summed E-state index contributed by atoms with van der Waals surface area (Å²) in [6.45, 7) is 22.1. The van der Waals surface area contributed by atoms with Gasteiger partial charge in [0.15, 0.2) is 5.13 Å². The standard InChI is InChI=1S/C42H55N4O9P.C37H49N6O9PS/c1-8-28-25-42(28,56(50,52-9-2)53-10-3)45-38(47)35-23-31(26-46(35)39(48)37(41(4,5)6)44-40(49)55-29-18-14-15-19-29)54-36-24-33(27-16-12-11-13-17-27)43-34-22-30(51-7)20-21-32(34)36;1-8-21-18-37(21,53(47,48)49)41-32(44)29-16-24(19-43(29)33(45)31(36(2,3)4)40-35(46)52-22-11-9-10-12-22)51-30-17-27(28-20-54-34(39-28)42(5)6)38-26-15-23(50-7)13-14-25(26)30/h8,11-13,16-17,20-22,24,28-29,31,35,37H,1,9-10,14-15,18-19,23,25-26H2,2-7H3,(H,44,49)(H,45,47);8,13-15,17,20-22,24,29,31H,1,9-12,16,18-19H2,2-7H3,(H,40,46)(H,41,44)(H2,47,48,49)/t28-,31-,35+,37-,42+;21-,24-,29+,31-,37+/m11/s1. The molecule has 12 rings (SSSR count). The van der Waals surface area contributed by atoms with E-state index < -0.39 is 115 Å². The van der Waals surface area contributed by atoms with Gasteiger partial charge < -0.3 is 83.2 Å². The molecule has 4 aliphatic carbocycles. The molecule has 2 saturated heterocycles. The number of thiazole rings is 1. The fraction of sp³-hybridized carbons (Fsp3) is 0.532. The third-order valence-corrected chi connectivity index (χ3v) is 26.6. The Labute approximate surface area is 646 Å². The van der Waals surface area contributed by atoms with E-state index in [1.807, 2.05) is 106 Å². The molecule has 6 N–H and O–H groups in total. The Hall–Kier alpha value is -8.69. The first-order chi connectivity index (χ1) is 52.2. The predicted molar refractivity (Wildman–Crippen MR) is 418 cm³/mol. The number of hydrogen-bond acceptors (Lipinski definition) is 21. The smallest absolute Gasteiger partial charge is 0.408 e. The summed E-state index contributed by atoms with van der Waals surface area (Å²) < 4.78 is 74.1. The molecule has 3 aromatic heterocycles. The number of hydrogen-bond donors (Lipinski definition) is 6. The largest absolute Gasteiger partial charge is 0.497 e. The lowest BCUT2D eigenvalue weighted by molar-refractivity contribution is -0.142. The number of likely N-dealkylation sites (tertiary alicyclic amines) is 2. The highest BCUT2D eigenvalue weighted by molar-refractivity contribution is 7.56. The number of nitrogens with one attached hydrogen (secondary N) is 4. The number of anilines is 1. The zero-order chi connectivity index (χ0) is 79.4. The van der Waals surface area contributed by atoms with Gasteiger partial charge in [0.2, 0.25) is 23.6 Å². The Bertz CT molecular complexity index is 4490. The number of benzene rings is 3. The van der Waals surface area contributed by atoms with Gasteiger partial charge in [-0.05, 0) is 113 Å². The third-order valence-electron chi connectivity index (χ3n) is 21.2. The van der Waals surface area contributed by atoms with E-state index in [2.05, 4.69) is 34.4 Å². The van der Waals surface area contributed by atoms with Gasteiger partial charge in [-0.25, -0.2) is 24.5 Å². The molecule has 5 heterocycles. The van der Waals surface area contributed by atoms with Gasteiger partial charge in [0, 0.05) is 84.8 Å². The number of alkyl carbamates (subject to hydrolysis) is 2. The van der Waals surface area contributed by atoms with Crippen molar-refractivity contribution in [3.8, 4) is 45.6 Å². The summed E-state index contributed by atoms with van der Waals surface area (Å²) >= 11 is 1.46. The molecule has 6 amide bonds. The van der Waals surface area contributed by atoms with E-state index in [1.165, 1.54) is 27.2 Å². The topological polar surface area (TPSA) is 347 Å². The van der Waals surface area contributed by atoms with Crippen molar-refractivity contribution in [2.24, 2.45) is 22.7 Å².